The molecule has 0 spiro atoms. The van der Waals surface area contributed by atoms with Gasteiger partial charge in [-0.25, -0.2) is 0 Å². The molecule has 1 aromatic carbocycles. The zero-order valence-electron chi connectivity index (χ0n) is 12.6. The van der Waals surface area contributed by atoms with Crippen LogP contribution in [0.1, 0.15) is 6.92 Å². The molecule has 4 N–H and O–H groups in total. The number of amides is 2. The van der Waals surface area contributed by atoms with Crippen molar-refractivity contribution >= 4 is 24.2 Å². The number of ether oxygens (including phenoxy) is 2. The fraction of sp³-hybridized carbons (Fsp3) is 0.429. The minimum atomic E-state index is -0.372. The van der Waals surface area contributed by atoms with E-state index in [0.717, 1.165) is 0 Å². The summed E-state index contributed by atoms with van der Waals surface area (Å²) in [6.07, 6.45) is -0.240. The van der Waals surface area contributed by atoms with Crippen molar-refractivity contribution in [2.75, 3.05) is 26.7 Å². The first kappa shape index (κ1) is 20.0. The molecule has 0 radical (unpaired) electrons. The highest BCUT2D eigenvalue weighted by Gasteiger charge is 2.10. The molecule has 1 rings (SSSR count). The number of rotatable bonds is 8. The van der Waals surface area contributed by atoms with Gasteiger partial charge in [-0.3, -0.25) is 9.59 Å². The van der Waals surface area contributed by atoms with Crippen LogP contribution in [0.2, 0.25) is 0 Å². The van der Waals surface area contributed by atoms with Crippen molar-refractivity contribution in [1.82, 2.24) is 10.6 Å². The fourth-order valence-corrected chi connectivity index (χ4v) is 1.55. The van der Waals surface area contributed by atoms with Crippen molar-refractivity contribution in [3.8, 4) is 11.5 Å². The van der Waals surface area contributed by atoms with Gasteiger partial charge in [0.2, 0.25) is 11.8 Å². The zero-order valence-corrected chi connectivity index (χ0v) is 13.4. The van der Waals surface area contributed by atoms with Gasteiger partial charge >= 0.3 is 0 Å². The molecule has 8 heteroatoms. The van der Waals surface area contributed by atoms with Crippen LogP contribution in [0.5, 0.6) is 11.5 Å². The number of hydrogen-bond donors (Lipinski definition) is 3. The number of halogens is 1. The maximum absolute atomic E-state index is 11.5. The van der Waals surface area contributed by atoms with Gasteiger partial charge in [0.1, 0.15) is 6.10 Å². The highest BCUT2D eigenvalue weighted by molar-refractivity contribution is 5.85. The molecule has 0 bridgehead atoms. The fourth-order valence-electron chi connectivity index (χ4n) is 1.55. The third kappa shape index (κ3) is 7.14. The number of hydrogen-bond acceptors (Lipinski definition) is 5. The van der Waals surface area contributed by atoms with E-state index in [-0.39, 0.29) is 43.4 Å². The van der Waals surface area contributed by atoms with Crippen molar-refractivity contribution < 1.29 is 19.1 Å². The number of carbonyl (C=O) groups is 2. The van der Waals surface area contributed by atoms with E-state index in [1.165, 1.54) is 0 Å². The first-order valence-electron chi connectivity index (χ1n) is 6.60. The highest BCUT2D eigenvalue weighted by Crippen LogP contribution is 2.26. The Kier molecular flexibility index (Phi) is 9.73. The smallest absolute Gasteiger partial charge is 0.239 e. The van der Waals surface area contributed by atoms with Crippen molar-refractivity contribution in [3.63, 3.8) is 0 Å². The van der Waals surface area contributed by atoms with Gasteiger partial charge in [0, 0.05) is 0 Å². The van der Waals surface area contributed by atoms with Crippen LogP contribution < -0.4 is 25.8 Å². The zero-order chi connectivity index (χ0) is 15.7. The van der Waals surface area contributed by atoms with Crippen molar-refractivity contribution in [2.45, 2.75) is 13.0 Å². The second kappa shape index (κ2) is 10.7. The summed E-state index contributed by atoms with van der Waals surface area (Å²) >= 11 is 0. The van der Waals surface area contributed by atoms with Gasteiger partial charge in [0.25, 0.3) is 0 Å². The van der Waals surface area contributed by atoms with Crippen molar-refractivity contribution in [2.24, 2.45) is 5.73 Å². The van der Waals surface area contributed by atoms with Gasteiger partial charge < -0.3 is 25.8 Å². The number of nitrogens with one attached hydrogen (secondary N) is 2. The van der Waals surface area contributed by atoms with Gasteiger partial charge in [-0.2, -0.15) is 0 Å². The topological polar surface area (TPSA) is 103 Å². The van der Waals surface area contributed by atoms with Crippen LogP contribution in [-0.2, 0) is 9.59 Å². The Bertz CT molecular complexity index is 485. The standard InChI is InChI=1S/C14H21N3O4.ClH/c1-10(8-16-14(19)9-17-13(18)7-15)21-12-6-4-3-5-11(12)20-2;/h3-6,10H,7-9,15H2,1-2H3,(H,16,19)(H,17,18);1H. The number of methoxy groups -OCH3 is 1. The van der Waals surface area contributed by atoms with Gasteiger partial charge in [-0.1, -0.05) is 12.1 Å². The van der Waals surface area contributed by atoms with Crippen molar-refractivity contribution in [3.05, 3.63) is 24.3 Å². The van der Waals surface area contributed by atoms with Crippen LogP contribution in [0.4, 0.5) is 0 Å². The van der Waals surface area contributed by atoms with E-state index in [9.17, 15) is 9.59 Å². The Labute approximate surface area is 135 Å². The first-order valence-corrected chi connectivity index (χ1v) is 6.60. The van der Waals surface area contributed by atoms with E-state index in [2.05, 4.69) is 10.6 Å². The number of benzene rings is 1. The molecule has 0 aromatic heterocycles. The molecule has 0 aliphatic carbocycles. The molecule has 1 aromatic rings. The van der Waals surface area contributed by atoms with Gasteiger partial charge in [-0.05, 0) is 19.1 Å². The third-order valence-corrected chi connectivity index (χ3v) is 2.62. The largest absolute Gasteiger partial charge is 0.493 e. The van der Waals surface area contributed by atoms with Crippen LogP contribution >= 0.6 is 12.4 Å². The van der Waals surface area contributed by atoms with Gasteiger partial charge in [0.05, 0.1) is 26.7 Å². The first-order chi connectivity index (χ1) is 10.1. The Balaban J connectivity index is 0.00000441. The minimum absolute atomic E-state index is 0. The van der Waals surface area contributed by atoms with Crippen LogP contribution in [-0.4, -0.2) is 44.7 Å². The predicted molar refractivity (Wildman–Crippen MR) is 85.4 cm³/mol. The molecule has 0 fully saturated rings. The monoisotopic (exact) mass is 331 g/mol. The molecule has 0 saturated carbocycles. The van der Waals surface area contributed by atoms with Gasteiger partial charge in [-0.15, -0.1) is 12.4 Å². The van der Waals surface area contributed by atoms with E-state index in [0.29, 0.717) is 18.0 Å². The lowest BCUT2D eigenvalue weighted by Crippen LogP contribution is -2.42. The number of para-hydroxylation sites is 2. The SMILES string of the molecule is COc1ccccc1OC(C)CNC(=O)CNC(=O)CN.Cl. The average molecular weight is 332 g/mol. The Morgan fingerprint density at radius 3 is 2.41 bits per heavy atom. The third-order valence-electron chi connectivity index (χ3n) is 2.62. The second-order valence-corrected chi connectivity index (χ2v) is 4.36. The summed E-state index contributed by atoms with van der Waals surface area (Å²) in [4.78, 5) is 22.4. The van der Waals surface area contributed by atoms with E-state index < -0.39 is 0 Å². The van der Waals surface area contributed by atoms with Crippen molar-refractivity contribution in [1.29, 1.82) is 0 Å². The van der Waals surface area contributed by atoms with E-state index in [4.69, 9.17) is 15.2 Å². The summed E-state index contributed by atoms with van der Waals surface area (Å²) in [6, 6.07) is 7.27. The Hall–Kier alpha value is -1.99. The molecular weight excluding hydrogens is 310 g/mol. The molecular formula is C14H22ClN3O4. The lowest BCUT2D eigenvalue weighted by atomic mass is 10.3. The second-order valence-electron chi connectivity index (χ2n) is 4.36. The molecule has 124 valence electrons. The summed E-state index contributed by atoms with van der Waals surface area (Å²) in [5.41, 5.74) is 5.12. The van der Waals surface area contributed by atoms with Crippen LogP contribution in [0.3, 0.4) is 0 Å². The molecule has 0 aliphatic rings. The maximum atomic E-state index is 11.5. The summed E-state index contributed by atoms with van der Waals surface area (Å²) < 4.78 is 10.9. The quantitative estimate of drug-likeness (QED) is 0.626. The lowest BCUT2D eigenvalue weighted by molar-refractivity contribution is -0.125. The molecule has 0 saturated heterocycles. The van der Waals surface area contributed by atoms with Gasteiger partial charge in [0.15, 0.2) is 11.5 Å². The summed E-state index contributed by atoms with van der Waals surface area (Å²) in [6.45, 7) is 1.90. The summed E-state index contributed by atoms with van der Waals surface area (Å²) in [5, 5.41) is 5.05. The predicted octanol–water partition coefficient (Wildman–Crippen LogP) is 0.0754. The average Bonchev–Trinajstić information content (AvgIpc) is 2.51. The molecule has 7 nitrogen and oxygen atoms in total. The van der Waals surface area contributed by atoms with Crippen LogP contribution in [0.15, 0.2) is 24.3 Å². The molecule has 2 amide bonds. The molecule has 1 atom stereocenters. The summed E-state index contributed by atoms with van der Waals surface area (Å²) in [5.74, 6) is 0.569. The highest BCUT2D eigenvalue weighted by atomic mass is 35.5. The molecule has 1 unspecified atom stereocenters. The maximum Gasteiger partial charge on any atom is 0.239 e. The normalized spacial score (nSPS) is 10.9. The minimum Gasteiger partial charge on any atom is -0.493 e. The van der Waals surface area contributed by atoms with E-state index in [1.54, 1.807) is 19.2 Å². The molecule has 0 heterocycles. The number of nitrogens with two attached hydrogens (primary N) is 1. The molecule has 0 aliphatic heterocycles. The van der Waals surface area contributed by atoms with Crippen LogP contribution in [0.25, 0.3) is 0 Å². The molecule has 22 heavy (non-hydrogen) atoms. The Morgan fingerprint density at radius 1 is 1.18 bits per heavy atom. The Morgan fingerprint density at radius 2 is 1.82 bits per heavy atom. The van der Waals surface area contributed by atoms with Crippen LogP contribution in [0, 0.1) is 0 Å². The number of carbonyl (C=O) groups excluding carboxylic acids is 2. The summed E-state index contributed by atoms with van der Waals surface area (Å²) in [7, 11) is 1.56. The van der Waals surface area contributed by atoms with E-state index >= 15 is 0 Å². The van der Waals surface area contributed by atoms with E-state index in [1.807, 2.05) is 19.1 Å². The lowest BCUT2D eigenvalue weighted by Gasteiger charge is -2.17.